The quantitative estimate of drug-likeness (QED) is 0.763. The van der Waals surface area contributed by atoms with Gasteiger partial charge in [-0.1, -0.05) is 6.42 Å². The largest absolute Gasteiger partial charge is 0.468 e. The first-order chi connectivity index (χ1) is 6.86. The Morgan fingerprint density at radius 3 is 3.07 bits per heavy atom. The lowest BCUT2D eigenvalue weighted by Gasteiger charge is -2.15. The molecule has 1 aromatic rings. The molecule has 1 heterocycles. The molecule has 0 aromatic carbocycles. The van der Waals surface area contributed by atoms with Gasteiger partial charge >= 0.3 is 0 Å². The number of furan rings is 1. The minimum absolute atomic E-state index is 0.402. The van der Waals surface area contributed by atoms with E-state index in [1.807, 2.05) is 12.1 Å². The Morgan fingerprint density at radius 1 is 1.50 bits per heavy atom. The van der Waals surface area contributed by atoms with Crippen LogP contribution in [0, 0.1) is 5.92 Å². The summed E-state index contributed by atoms with van der Waals surface area (Å²) in [6.07, 6.45) is 5.45. The van der Waals surface area contributed by atoms with E-state index >= 15 is 0 Å². The van der Waals surface area contributed by atoms with Gasteiger partial charge in [-0.3, -0.25) is 0 Å². The number of rotatable bonds is 4. The maximum atomic E-state index is 5.97. The van der Waals surface area contributed by atoms with Crippen molar-refractivity contribution in [3.63, 3.8) is 0 Å². The first-order valence-electron chi connectivity index (χ1n) is 5.35. The van der Waals surface area contributed by atoms with Crippen LogP contribution in [0.2, 0.25) is 0 Å². The highest BCUT2D eigenvalue weighted by atomic mass is 16.3. The van der Waals surface area contributed by atoms with Crippen LogP contribution in [0.3, 0.4) is 0 Å². The molecule has 0 spiro atoms. The van der Waals surface area contributed by atoms with E-state index in [1.165, 1.54) is 19.3 Å². The van der Waals surface area contributed by atoms with Crippen molar-refractivity contribution in [2.45, 2.75) is 31.8 Å². The summed E-state index contributed by atoms with van der Waals surface area (Å²) in [5, 5.41) is 3.39. The molecule has 0 bridgehead atoms. The summed E-state index contributed by atoms with van der Waals surface area (Å²) in [5.74, 6) is 1.65. The molecule has 1 aliphatic carbocycles. The predicted molar refractivity (Wildman–Crippen MR) is 55.7 cm³/mol. The van der Waals surface area contributed by atoms with Crippen LogP contribution in [0.25, 0.3) is 0 Å². The van der Waals surface area contributed by atoms with Crippen LogP contribution < -0.4 is 11.1 Å². The zero-order valence-electron chi connectivity index (χ0n) is 8.41. The van der Waals surface area contributed by atoms with Crippen LogP contribution in [-0.4, -0.2) is 12.6 Å². The molecular weight excluding hydrogens is 176 g/mol. The van der Waals surface area contributed by atoms with Gasteiger partial charge in [-0.05, 0) is 37.4 Å². The van der Waals surface area contributed by atoms with Gasteiger partial charge < -0.3 is 15.5 Å². The molecule has 78 valence electrons. The molecule has 1 saturated carbocycles. The molecule has 3 nitrogen and oxygen atoms in total. The third kappa shape index (κ3) is 2.36. The highest BCUT2D eigenvalue weighted by Gasteiger charge is 2.22. The van der Waals surface area contributed by atoms with Gasteiger partial charge in [0, 0.05) is 6.04 Å². The maximum Gasteiger partial charge on any atom is 0.117 e. The second kappa shape index (κ2) is 4.62. The molecular formula is C11H18N2O. The minimum Gasteiger partial charge on any atom is -0.468 e. The molecule has 0 aliphatic heterocycles. The lowest BCUT2D eigenvalue weighted by Crippen LogP contribution is -2.32. The Kier molecular flexibility index (Phi) is 3.22. The van der Waals surface area contributed by atoms with Crippen LogP contribution >= 0.6 is 0 Å². The van der Waals surface area contributed by atoms with Crippen molar-refractivity contribution >= 4 is 0 Å². The van der Waals surface area contributed by atoms with Gasteiger partial charge in [0.2, 0.25) is 0 Å². The Balaban J connectivity index is 1.68. The molecule has 2 rings (SSSR count). The van der Waals surface area contributed by atoms with E-state index in [1.54, 1.807) is 6.26 Å². The second-order valence-electron chi connectivity index (χ2n) is 4.07. The van der Waals surface area contributed by atoms with Gasteiger partial charge in [-0.2, -0.15) is 0 Å². The number of hydrogen-bond acceptors (Lipinski definition) is 3. The van der Waals surface area contributed by atoms with E-state index < -0.39 is 0 Å². The zero-order valence-corrected chi connectivity index (χ0v) is 8.41. The first kappa shape index (κ1) is 9.74. The molecule has 2 unspecified atom stereocenters. The highest BCUT2D eigenvalue weighted by Crippen LogP contribution is 2.23. The van der Waals surface area contributed by atoms with Crippen molar-refractivity contribution in [2.75, 3.05) is 6.54 Å². The van der Waals surface area contributed by atoms with E-state index in [0.717, 1.165) is 18.8 Å². The molecule has 0 radical (unpaired) electrons. The topological polar surface area (TPSA) is 51.2 Å². The molecule has 3 N–H and O–H groups in total. The minimum atomic E-state index is 0.402. The lowest BCUT2D eigenvalue weighted by molar-refractivity contribution is 0.418. The third-order valence-electron chi connectivity index (χ3n) is 3.00. The standard InChI is InChI=1S/C11H18N2O/c12-11-5-1-3-9(11)7-13-8-10-4-2-6-14-10/h2,4,6,9,11,13H,1,3,5,7-8,12H2. The molecule has 14 heavy (non-hydrogen) atoms. The summed E-state index contributed by atoms with van der Waals surface area (Å²) < 4.78 is 5.23. The van der Waals surface area contributed by atoms with E-state index in [0.29, 0.717) is 12.0 Å². The SMILES string of the molecule is NC1CCCC1CNCc1ccco1. The average molecular weight is 194 g/mol. The van der Waals surface area contributed by atoms with E-state index in [4.69, 9.17) is 10.2 Å². The van der Waals surface area contributed by atoms with Crippen molar-refractivity contribution < 1.29 is 4.42 Å². The van der Waals surface area contributed by atoms with Gasteiger partial charge in [0.25, 0.3) is 0 Å². The summed E-state index contributed by atoms with van der Waals surface area (Å²) in [6, 6.07) is 4.30. The van der Waals surface area contributed by atoms with Gasteiger partial charge in [-0.25, -0.2) is 0 Å². The Hall–Kier alpha value is -0.800. The van der Waals surface area contributed by atoms with Crippen LogP contribution in [0.4, 0.5) is 0 Å². The van der Waals surface area contributed by atoms with Crippen LogP contribution in [-0.2, 0) is 6.54 Å². The van der Waals surface area contributed by atoms with E-state index in [9.17, 15) is 0 Å². The van der Waals surface area contributed by atoms with Crippen LogP contribution in [0.15, 0.2) is 22.8 Å². The Bertz CT molecular complexity index is 258. The van der Waals surface area contributed by atoms with Crippen molar-refractivity contribution in [2.24, 2.45) is 11.7 Å². The molecule has 3 heteroatoms. The second-order valence-corrected chi connectivity index (χ2v) is 4.07. The fourth-order valence-electron chi connectivity index (χ4n) is 2.11. The van der Waals surface area contributed by atoms with Crippen LogP contribution in [0.1, 0.15) is 25.0 Å². The zero-order chi connectivity index (χ0) is 9.80. The number of nitrogens with one attached hydrogen (secondary N) is 1. The molecule has 1 fully saturated rings. The fourth-order valence-corrected chi connectivity index (χ4v) is 2.11. The van der Waals surface area contributed by atoms with Crippen molar-refractivity contribution in [1.82, 2.24) is 5.32 Å². The number of hydrogen-bond donors (Lipinski definition) is 2. The molecule has 0 saturated heterocycles. The predicted octanol–water partition coefficient (Wildman–Crippen LogP) is 1.50. The number of nitrogens with two attached hydrogens (primary N) is 1. The van der Waals surface area contributed by atoms with Gasteiger partial charge in [0.05, 0.1) is 12.8 Å². The average Bonchev–Trinajstić information content (AvgIpc) is 2.78. The Labute approximate surface area is 84.7 Å². The first-order valence-corrected chi connectivity index (χ1v) is 5.35. The maximum absolute atomic E-state index is 5.97. The van der Waals surface area contributed by atoms with Crippen LogP contribution in [0.5, 0.6) is 0 Å². The Morgan fingerprint density at radius 2 is 2.43 bits per heavy atom. The molecule has 2 atom stereocenters. The fraction of sp³-hybridized carbons (Fsp3) is 0.636. The summed E-state index contributed by atoms with van der Waals surface area (Å²) in [4.78, 5) is 0. The smallest absolute Gasteiger partial charge is 0.117 e. The van der Waals surface area contributed by atoms with Crippen molar-refractivity contribution in [1.29, 1.82) is 0 Å². The highest BCUT2D eigenvalue weighted by molar-refractivity contribution is 4.97. The van der Waals surface area contributed by atoms with Crippen molar-refractivity contribution in [3.05, 3.63) is 24.2 Å². The van der Waals surface area contributed by atoms with E-state index in [-0.39, 0.29) is 0 Å². The van der Waals surface area contributed by atoms with Gasteiger partial charge in [-0.15, -0.1) is 0 Å². The lowest BCUT2D eigenvalue weighted by atomic mass is 10.1. The third-order valence-corrected chi connectivity index (χ3v) is 3.00. The molecule has 1 aromatic heterocycles. The molecule has 1 aliphatic rings. The molecule has 0 amide bonds. The van der Waals surface area contributed by atoms with Gasteiger partial charge in [0.1, 0.15) is 5.76 Å². The monoisotopic (exact) mass is 194 g/mol. The summed E-state index contributed by atoms with van der Waals surface area (Å²) >= 11 is 0. The van der Waals surface area contributed by atoms with E-state index in [2.05, 4.69) is 5.32 Å². The summed E-state index contributed by atoms with van der Waals surface area (Å²) in [6.45, 7) is 1.83. The normalized spacial score (nSPS) is 26.9. The van der Waals surface area contributed by atoms with Crippen molar-refractivity contribution in [3.8, 4) is 0 Å². The van der Waals surface area contributed by atoms with Gasteiger partial charge in [0.15, 0.2) is 0 Å². The summed E-state index contributed by atoms with van der Waals surface area (Å²) in [7, 11) is 0. The summed E-state index contributed by atoms with van der Waals surface area (Å²) in [5.41, 5.74) is 5.97.